The second-order valence-corrected chi connectivity index (χ2v) is 14.0. The molecule has 5 heterocycles. The molecule has 2 amide bonds. The number of H-pyrrole nitrogens is 1. The smallest absolute Gasteiger partial charge is 0.432 e. The van der Waals surface area contributed by atoms with Crippen LogP contribution in [0.5, 0.6) is 11.5 Å². The number of ether oxygens (including phenoxy) is 3. The van der Waals surface area contributed by atoms with E-state index >= 15 is 0 Å². The number of anilines is 1. The second-order valence-electron chi connectivity index (χ2n) is 13.7. The summed E-state index contributed by atoms with van der Waals surface area (Å²) in [6.07, 6.45) is -5.08. The van der Waals surface area contributed by atoms with E-state index < -0.39 is 59.0 Å². The lowest BCUT2D eigenvalue weighted by Gasteiger charge is -2.25. The quantitative estimate of drug-likeness (QED) is 0.0674. The van der Waals surface area contributed by atoms with Gasteiger partial charge in [-0.3, -0.25) is 14.3 Å². The van der Waals surface area contributed by atoms with Crippen molar-refractivity contribution < 1.29 is 56.1 Å². The predicted octanol–water partition coefficient (Wildman–Crippen LogP) is 6.39. The number of amides is 2. The number of aliphatic hydroxyl groups excluding tert-OH is 1. The lowest BCUT2D eigenvalue weighted by Crippen LogP contribution is -2.40. The fraction of sp³-hybridized carbons (Fsp3) is 0.282. The first kappa shape index (κ1) is 37.7. The maximum atomic E-state index is 14.6. The fourth-order valence-corrected chi connectivity index (χ4v) is 8.12. The van der Waals surface area contributed by atoms with Crippen molar-refractivity contribution in [3.8, 4) is 11.5 Å². The summed E-state index contributed by atoms with van der Waals surface area (Å²) >= 11 is 6.42. The average Bonchev–Trinajstić information content (AvgIpc) is 4.04. The Morgan fingerprint density at radius 2 is 1.82 bits per heavy atom. The Morgan fingerprint density at radius 1 is 1.04 bits per heavy atom. The molecule has 0 radical (unpaired) electrons. The number of esters is 1. The number of rotatable bonds is 8. The summed E-state index contributed by atoms with van der Waals surface area (Å²) < 4.78 is 66.4. The predicted molar refractivity (Wildman–Crippen MR) is 201 cm³/mol. The van der Waals surface area contributed by atoms with E-state index in [9.17, 15) is 37.5 Å². The zero-order valence-electron chi connectivity index (χ0n) is 30.2. The van der Waals surface area contributed by atoms with Crippen LogP contribution < -0.4 is 20.2 Å². The van der Waals surface area contributed by atoms with Gasteiger partial charge in [-0.05, 0) is 61.2 Å². The number of fused-ring (bicyclic) bond motifs is 5. The number of nitrogens with zero attached hydrogens (tertiary/aromatic N) is 3. The molecule has 8 rings (SSSR count). The Hall–Kier alpha value is -6.20. The zero-order chi connectivity index (χ0) is 40.5. The van der Waals surface area contributed by atoms with Gasteiger partial charge in [0.05, 0.1) is 55.2 Å². The minimum Gasteiger partial charge on any atom is -0.493 e. The van der Waals surface area contributed by atoms with Crippen LogP contribution in [0.2, 0.25) is 0 Å². The number of nitrogens with one attached hydrogen (secondary N) is 1. The van der Waals surface area contributed by atoms with Crippen molar-refractivity contribution in [2.75, 3.05) is 44.0 Å². The van der Waals surface area contributed by atoms with E-state index in [2.05, 4.69) is 4.98 Å². The van der Waals surface area contributed by atoms with Gasteiger partial charge >= 0.3 is 18.2 Å². The van der Waals surface area contributed by atoms with E-state index in [0.717, 1.165) is 11.8 Å². The summed E-state index contributed by atoms with van der Waals surface area (Å²) in [5, 5.41) is 10.6. The second kappa shape index (κ2) is 14.1. The third-order valence-electron chi connectivity index (χ3n) is 10.6. The number of alkyl halides is 4. The van der Waals surface area contributed by atoms with Crippen molar-refractivity contribution in [1.82, 2.24) is 14.6 Å². The largest absolute Gasteiger partial charge is 0.493 e. The minimum absolute atomic E-state index is 0.0143. The number of hydrogen-bond acceptors (Lipinski definition) is 10. The van der Waals surface area contributed by atoms with Gasteiger partial charge in [-0.15, -0.1) is 11.6 Å². The number of methoxy groups -OCH3 is 2. The molecule has 0 aliphatic carbocycles. The normalized spacial score (nSPS) is 16.8. The third-order valence-corrected chi connectivity index (χ3v) is 10.9. The first-order chi connectivity index (χ1) is 27.3. The van der Waals surface area contributed by atoms with Gasteiger partial charge in [0.15, 0.2) is 22.8 Å². The number of nitrogens with two attached hydrogens (primary N) is 1. The van der Waals surface area contributed by atoms with Crippen molar-refractivity contribution in [1.29, 1.82) is 0 Å². The molecular formula is C39H33ClF3N5O9. The van der Waals surface area contributed by atoms with Crippen LogP contribution >= 0.6 is 11.6 Å². The van der Waals surface area contributed by atoms with Crippen molar-refractivity contribution in [2.24, 2.45) is 0 Å². The molecule has 1 fully saturated rings. The molecule has 0 saturated carbocycles. The Balaban J connectivity index is 1.23. The number of aromatic amines is 1. The minimum atomic E-state index is -5.08. The van der Waals surface area contributed by atoms with Crippen molar-refractivity contribution >= 4 is 73.8 Å². The molecule has 57 heavy (non-hydrogen) atoms. The van der Waals surface area contributed by atoms with E-state index in [4.69, 9.17) is 36.1 Å². The molecule has 6 aromatic rings. The number of benzene rings is 3. The van der Waals surface area contributed by atoms with Crippen LogP contribution in [-0.2, 0) is 17.3 Å². The molecule has 0 bridgehead atoms. The third kappa shape index (κ3) is 6.08. The molecule has 18 heteroatoms. The van der Waals surface area contributed by atoms with E-state index in [-0.39, 0.29) is 64.6 Å². The molecule has 0 spiro atoms. The number of carbonyl (C=O) groups excluding carboxylic acids is 4. The van der Waals surface area contributed by atoms with E-state index in [0.29, 0.717) is 40.5 Å². The standard InChI is InChI=1S/C39H33ClF3N5O9/c1-54-27-7-3-5-19-13-29(56-34(19)27)33(50)18-8-9-24-20(11-18)12-26(48(24)44)36(51)47-22(16-40)14-23-25(47)15-28(57-38(53)46-10-4-6-21(46)17-49)32-30(23)31(37(52)55-2)35(45-32)39(41,42)43/h3,5,7-9,11-13,15,21-22,45,49H,4,6,10,14,16-17,44H2,1-2H3/t21-,22?/m0/s1. The van der Waals surface area contributed by atoms with Crippen LogP contribution in [0.15, 0.2) is 59.0 Å². The number of carbonyl (C=O) groups is 4. The highest BCUT2D eigenvalue weighted by Gasteiger charge is 2.44. The Morgan fingerprint density at radius 3 is 2.53 bits per heavy atom. The number of aliphatic hydroxyl groups is 1. The molecule has 3 aromatic heterocycles. The van der Waals surface area contributed by atoms with Crippen LogP contribution in [-0.4, -0.2) is 88.8 Å². The number of para-hydroxylation sites is 1. The number of nitrogen functional groups attached to an aromatic ring is 1. The van der Waals surface area contributed by atoms with Gasteiger partial charge in [0.2, 0.25) is 5.78 Å². The van der Waals surface area contributed by atoms with Gasteiger partial charge in [-0.2, -0.15) is 13.2 Å². The van der Waals surface area contributed by atoms with Crippen LogP contribution in [0.4, 0.5) is 23.7 Å². The number of aromatic nitrogens is 2. The van der Waals surface area contributed by atoms with Crippen LogP contribution in [0, 0.1) is 0 Å². The number of halogens is 4. The van der Waals surface area contributed by atoms with Gasteiger partial charge in [0.25, 0.3) is 5.91 Å². The monoisotopic (exact) mass is 807 g/mol. The van der Waals surface area contributed by atoms with Gasteiger partial charge in [-0.25, -0.2) is 9.59 Å². The maximum absolute atomic E-state index is 14.6. The van der Waals surface area contributed by atoms with Crippen molar-refractivity contribution in [2.45, 2.75) is 37.5 Å². The van der Waals surface area contributed by atoms with Crippen molar-refractivity contribution in [3.63, 3.8) is 0 Å². The highest BCUT2D eigenvalue weighted by molar-refractivity contribution is 6.21. The summed E-state index contributed by atoms with van der Waals surface area (Å²) in [5.74, 6) is 3.90. The molecule has 2 aliphatic rings. The lowest BCUT2D eigenvalue weighted by atomic mass is 10.0. The number of likely N-dealkylation sites (tertiary alicyclic amines) is 1. The molecule has 296 valence electrons. The molecule has 14 nitrogen and oxygen atoms in total. The molecule has 2 aliphatic heterocycles. The maximum Gasteiger partial charge on any atom is 0.432 e. The molecule has 2 atom stereocenters. The summed E-state index contributed by atoms with van der Waals surface area (Å²) in [4.78, 5) is 59.5. The van der Waals surface area contributed by atoms with Crippen LogP contribution in [0.1, 0.15) is 61.1 Å². The van der Waals surface area contributed by atoms with E-state index in [1.807, 2.05) is 0 Å². The highest BCUT2D eigenvalue weighted by Crippen LogP contribution is 2.48. The summed E-state index contributed by atoms with van der Waals surface area (Å²) in [7, 11) is 2.42. The first-order valence-corrected chi connectivity index (χ1v) is 18.2. The summed E-state index contributed by atoms with van der Waals surface area (Å²) in [5.41, 5.74) is -1.56. The Labute approximate surface area is 325 Å². The first-order valence-electron chi connectivity index (χ1n) is 17.7. The average molecular weight is 808 g/mol. The van der Waals surface area contributed by atoms with E-state index in [1.54, 1.807) is 36.4 Å². The van der Waals surface area contributed by atoms with Gasteiger partial charge in [0, 0.05) is 40.2 Å². The number of furan rings is 1. The van der Waals surface area contributed by atoms with E-state index in [1.165, 1.54) is 35.1 Å². The molecule has 3 aromatic carbocycles. The fourth-order valence-electron chi connectivity index (χ4n) is 7.88. The molecule has 4 N–H and O–H groups in total. The molecular weight excluding hydrogens is 775 g/mol. The van der Waals surface area contributed by atoms with Gasteiger partial charge in [-0.1, -0.05) is 12.1 Å². The summed E-state index contributed by atoms with van der Waals surface area (Å²) in [6.45, 7) is -0.135. The topological polar surface area (TPSA) is 183 Å². The van der Waals surface area contributed by atoms with Gasteiger partial charge in [0.1, 0.15) is 11.4 Å². The van der Waals surface area contributed by atoms with Crippen LogP contribution in [0.3, 0.4) is 0 Å². The van der Waals surface area contributed by atoms with Crippen molar-refractivity contribution in [3.05, 3.63) is 88.4 Å². The highest BCUT2D eigenvalue weighted by atomic mass is 35.5. The SMILES string of the molecule is COC(=O)c1c(C(F)(F)F)[nH]c2c(OC(=O)N3CCC[C@H]3CO)cc3c(c12)CC(CCl)N3C(=O)c1cc2cc(C(=O)c3cc4cccc(OC)c4o3)ccc2n1N. The zero-order valence-corrected chi connectivity index (χ0v) is 31.0. The summed E-state index contributed by atoms with van der Waals surface area (Å²) in [6, 6.07) is 12.7. The Kier molecular flexibility index (Phi) is 9.31. The molecule has 1 unspecified atom stereocenters. The lowest BCUT2D eigenvalue weighted by molar-refractivity contribution is -0.141. The van der Waals surface area contributed by atoms with Crippen LogP contribution in [0.25, 0.3) is 32.8 Å². The Bertz CT molecular complexity index is 2650. The van der Waals surface area contributed by atoms with Gasteiger partial charge < -0.3 is 44.4 Å². The number of ketones is 1. The number of hydrogen-bond donors (Lipinski definition) is 3. The molecule has 1 saturated heterocycles.